The smallest absolute Gasteiger partial charge is 0.164 e. The summed E-state index contributed by atoms with van der Waals surface area (Å²) in [5.41, 5.74) is 1.88. The maximum atomic E-state index is 11.5. The summed E-state index contributed by atoms with van der Waals surface area (Å²) in [5.74, 6) is 0.156. The van der Waals surface area contributed by atoms with Gasteiger partial charge in [0.25, 0.3) is 0 Å². The molecule has 0 saturated carbocycles. The van der Waals surface area contributed by atoms with Crippen molar-refractivity contribution in [2.24, 2.45) is 0 Å². The molecule has 0 aliphatic heterocycles. The summed E-state index contributed by atoms with van der Waals surface area (Å²) in [6.45, 7) is 8.21. The van der Waals surface area contributed by atoms with Crippen molar-refractivity contribution in [1.29, 1.82) is 0 Å². The average Bonchev–Trinajstić information content (AvgIpc) is 2.15. The third-order valence-electron chi connectivity index (χ3n) is 2.25. The van der Waals surface area contributed by atoms with Gasteiger partial charge in [-0.05, 0) is 17.0 Å². The summed E-state index contributed by atoms with van der Waals surface area (Å²) < 4.78 is 0. The van der Waals surface area contributed by atoms with Crippen molar-refractivity contribution in [2.45, 2.75) is 39.5 Å². The summed E-state index contributed by atoms with van der Waals surface area (Å²) in [6.07, 6.45) is 4.00. The molecular weight excluding hydrogens is 174 g/mol. The molecule has 2 heteroatoms. The van der Waals surface area contributed by atoms with E-state index in [-0.39, 0.29) is 11.2 Å². The van der Waals surface area contributed by atoms with Crippen LogP contribution in [0.1, 0.15) is 50.0 Å². The Balaban J connectivity index is 3.08. The van der Waals surface area contributed by atoms with Crippen LogP contribution in [0.3, 0.4) is 0 Å². The zero-order chi connectivity index (χ0) is 10.8. The minimum atomic E-state index is 0.0526. The maximum Gasteiger partial charge on any atom is 0.164 e. The number of nitrogens with zero attached hydrogens (tertiary/aromatic N) is 1. The van der Waals surface area contributed by atoms with Crippen LogP contribution in [0.4, 0.5) is 0 Å². The van der Waals surface area contributed by atoms with Crippen LogP contribution in [0.25, 0.3) is 0 Å². The van der Waals surface area contributed by atoms with Crippen molar-refractivity contribution in [3.8, 4) is 0 Å². The van der Waals surface area contributed by atoms with Crippen molar-refractivity contribution < 1.29 is 4.79 Å². The average molecular weight is 191 g/mol. The van der Waals surface area contributed by atoms with Crippen LogP contribution in [0.2, 0.25) is 0 Å². The molecular formula is C12H17NO. The third-order valence-corrected chi connectivity index (χ3v) is 2.25. The number of ketones is 1. The Morgan fingerprint density at radius 2 is 2.00 bits per heavy atom. The number of carbonyl (C=O) groups excluding carboxylic acids is 1. The molecule has 0 saturated heterocycles. The highest BCUT2D eigenvalue weighted by molar-refractivity contribution is 5.95. The van der Waals surface area contributed by atoms with Gasteiger partial charge in [0.1, 0.15) is 0 Å². The molecule has 2 nitrogen and oxygen atoms in total. The fourth-order valence-corrected chi connectivity index (χ4v) is 1.21. The summed E-state index contributed by atoms with van der Waals surface area (Å²) in [7, 11) is 0. The van der Waals surface area contributed by atoms with E-state index in [4.69, 9.17) is 0 Å². The van der Waals surface area contributed by atoms with Gasteiger partial charge in [-0.3, -0.25) is 9.78 Å². The number of Topliss-reactive ketones (excluding diaryl/α,β-unsaturated/α-hetero) is 1. The van der Waals surface area contributed by atoms with E-state index in [9.17, 15) is 4.79 Å². The van der Waals surface area contributed by atoms with E-state index < -0.39 is 0 Å². The number of aromatic nitrogens is 1. The van der Waals surface area contributed by atoms with Gasteiger partial charge in [0.2, 0.25) is 0 Å². The van der Waals surface area contributed by atoms with E-state index in [1.54, 1.807) is 6.20 Å². The van der Waals surface area contributed by atoms with Gasteiger partial charge in [0.05, 0.1) is 0 Å². The van der Waals surface area contributed by atoms with Crippen molar-refractivity contribution in [3.05, 3.63) is 29.6 Å². The van der Waals surface area contributed by atoms with E-state index in [0.717, 1.165) is 11.1 Å². The lowest BCUT2D eigenvalue weighted by atomic mass is 9.87. The lowest BCUT2D eigenvalue weighted by Gasteiger charge is -2.18. The van der Waals surface area contributed by atoms with Gasteiger partial charge in [-0.25, -0.2) is 0 Å². The Kier molecular flexibility index (Phi) is 3.04. The summed E-state index contributed by atoms with van der Waals surface area (Å²) in [5, 5.41) is 0. The van der Waals surface area contributed by atoms with E-state index >= 15 is 0 Å². The largest absolute Gasteiger partial charge is 0.294 e. The zero-order valence-electron chi connectivity index (χ0n) is 9.29. The molecule has 0 atom stereocenters. The first-order chi connectivity index (χ1) is 6.45. The van der Waals surface area contributed by atoms with Gasteiger partial charge in [-0.2, -0.15) is 0 Å². The van der Waals surface area contributed by atoms with Gasteiger partial charge in [-0.1, -0.05) is 27.7 Å². The molecule has 0 fully saturated rings. The molecule has 0 aliphatic carbocycles. The fourth-order valence-electron chi connectivity index (χ4n) is 1.21. The highest BCUT2D eigenvalue weighted by atomic mass is 16.1. The van der Waals surface area contributed by atoms with Crippen LogP contribution in [-0.2, 0) is 5.41 Å². The second-order valence-electron chi connectivity index (χ2n) is 4.49. The highest BCUT2D eigenvalue weighted by Gasteiger charge is 2.15. The monoisotopic (exact) mass is 191 g/mol. The normalized spacial score (nSPS) is 11.4. The Bertz CT molecular complexity index is 336. The molecule has 1 rings (SSSR count). The van der Waals surface area contributed by atoms with Crippen molar-refractivity contribution in [3.63, 3.8) is 0 Å². The second-order valence-corrected chi connectivity index (χ2v) is 4.49. The predicted molar refractivity (Wildman–Crippen MR) is 57.6 cm³/mol. The number of carbonyl (C=O) groups is 1. The molecule has 1 aromatic heterocycles. The summed E-state index contributed by atoms with van der Waals surface area (Å²) >= 11 is 0. The fraction of sp³-hybridized carbons (Fsp3) is 0.500. The van der Waals surface area contributed by atoms with E-state index in [0.29, 0.717) is 6.42 Å². The van der Waals surface area contributed by atoms with Crippen molar-refractivity contribution in [1.82, 2.24) is 4.98 Å². The Morgan fingerprint density at radius 3 is 2.50 bits per heavy atom. The summed E-state index contributed by atoms with van der Waals surface area (Å²) in [4.78, 5) is 15.6. The molecule has 14 heavy (non-hydrogen) atoms. The van der Waals surface area contributed by atoms with Crippen molar-refractivity contribution >= 4 is 5.78 Å². The highest BCUT2D eigenvalue weighted by Crippen LogP contribution is 2.22. The van der Waals surface area contributed by atoms with Crippen LogP contribution in [0.5, 0.6) is 0 Å². The van der Waals surface area contributed by atoms with E-state index in [2.05, 4.69) is 25.8 Å². The molecule has 0 aliphatic rings. The number of pyridine rings is 1. The van der Waals surface area contributed by atoms with Gasteiger partial charge in [-0.15, -0.1) is 0 Å². The van der Waals surface area contributed by atoms with Gasteiger partial charge < -0.3 is 0 Å². The third kappa shape index (κ3) is 2.41. The van der Waals surface area contributed by atoms with Crippen LogP contribution in [0, 0.1) is 0 Å². The first kappa shape index (κ1) is 10.9. The van der Waals surface area contributed by atoms with Crippen LogP contribution < -0.4 is 0 Å². The standard InChI is InChI=1S/C12H17NO/c1-5-11(14)9-6-10(8-13-7-9)12(2,3)4/h6-8H,5H2,1-4H3. The second kappa shape index (κ2) is 3.91. The zero-order valence-corrected chi connectivity index (χ0v) is 9.29. The number of hydrogen-bond acceptors (Lipinski definition) is 2. The van der Waals surface area contributed by atoms with Gasteiger partial charge in [0.15, 0.2) is 5.78 Å². The molecule has 0 spiro atoms. The lowest BCUT2D eigenvalue weighted by molar-refractivity contribution is 0.0987. The Morgan fingerprint density at radius 1 is 1.36 bits per heavy atom. The molecule has 1 aromatic rings. The van der Waals surface area contributed by atoms with Gasteiger partial charge in [0, 0.05) is 24.4 Å². The molecule has 0 N–H and O–H groups in total. The van der Waals surface area contributed by atoms with Crippen LogP contribution >= 0.6 is 0 Å². The topological polar surface area (TPSA) is 30.0 Å². The minimum Gasteiger partial charge on any atom is -0.294 e. The van der Waals surface area contributed by atoms with E-state index in [1.807, 2.05) is 19.2 Å². The molecule has 1 heterocycles. The lowest BCUT2D eigenvalue weighted by Crippen LogP contribution is -2.12. The first-order valence-corrected chi connectivity index (χ1v) is 4.94. The molecule has 0 unspecified atom stereocenters. The number of rotatable bonds is 2. The SMILES string of the molecule is CCC(=O)c1cncc(C(C)(C)C)c1. The minimum absolute atomic E-state index is 0.0526. The Labute approximate surface area is 85.4 Å². The van der Waals surface area contributed by atoms with Crippen LogP contribution in [-0.4, -0.2) is 10.8 Å². The number of hydrogen-bond donors (Lipinski definition) is 0. The van der Waals surface area contributed by atoms with Crippen molar-refractivity contribution in [2.75, 3.05) is 0 Å². The first-order valence-electron chi connectivity index (χ1n) is 4.94. The van der Waals surface area contributed by atoms with Crippen LogP contribution in [0.15, 0.2) is 18.5 Å². The predicted octanol–water partition coefficient (Wildman–Crippen LogP) is 2.97. The maximum absolute atomic E-state index is 11.5. The molecule has 0 aromatic carbocycles. The molecule has 76 valence electrons. The Hall–Kier alpha value is -1.18. The summed E-state index contributed by atoms with van der Waals surface area (Å²) in [6, 6.07) is 1.94. The van der Waals surface area contributed by atoms with Gasteiger partial charge >= 0.3 is 0 Å². The molecule has 0 radical (unpaired) electrons. The molecule has 0 bridgehead atoms. The molecule has 0 amide bonds. The van der Waals surface area contributed by atoms with E-state index in [1.165, 1.54) is 0 Å². The quantitative estimate of drug-likeness (QED) is 0.673.